The molecule has 8 heteroatoms. The van der Waals surface area contributed by atoms with Crippen LogP contribution in [-0.4, -0.2) is 13.7 Å². The third kappa shape index (κ3) is 4.99. The van der Waals surface area contributed by atoms with Crippen LogP contribution in [-0.2, 0) is 23.0 Å². The highest BCUT2D eigenvalue weighted by Crippen LogP contribution is 2.32. The Bertz CT molecular complexity index is 942. The van der Waals surface area contributed by atoms with Crippen molar-refractivity contribution in [1.29, 1.82) is 0 Å². The van der Waals surface area contributed by atoms with Gasteiger partial charge in [0.15, 0.2) is 0 Å². The monoisotopic (exact) mass is 410 g/mol. The van der Waals surface area contributed by atoms with Crippen molar-refractivity contribution >= 4 is 16.7 Å². The molecule has 1 unspecified atom stereocenters. The number of hydrogen-bond acceptors (Lipinski definition) is 3. The number of halogens is 3. The summed E-state index contributed by atoms with van der Waals surface area (Å²) >= 11 is -2.21. The Balaban J connectivity index is 2.02. The highest BCUT2D eigenvalue weighted by Gasteiger charge is 2.34. The number of aromatic nitrogens is 1. The Labute approximate surface area is 162 Å². The van der Waals surface area contributed by atoms with Crippen molar-refractivity contribution in [3.05, 3.63) is 75.2 Å². The minimum atomic E-state index is -4.71. The van der Waals surface area contributed by atoms with Crippen molar-refractivity contribution in [1.82, 2.24) is 4.98 Å². The zero-order valence-electron chi connectivity index (χ0n) is 14.9. The number of alkyl halides is 3. The van der Waals surface area contributed by atoms with E-state index in [2.05, 4.69) is 4.98 Å². The highest BCUT2D eigenvalue weighted by atomic mass is 32.2. The molecule has 1 N–H and O–H groups in total. The van der Waals surface area contributed by atoms with Gasteiger partial charge in [-0.2, -0.15) is 13.2 Å². The molecule has 0 spiro atoms. The second kappa shape index (κ2) is 8.45. The molecule has 150 valence electrons. The maximum Gasteiger partial charge on any atom is 0.421 e. The van der Waals surface area contributed by atoms with E-state index in [0.29, 0.717) is 22.4 Å². The number of allylic oxidation sites excluding steroid dienone is 1. The van der Waals surface area contributed by atoms with Crippen LogP contribution >= 0.6 is 0 Å². The topological polar surface area (TPSA) is 73.0 Å². The Kier molecular flexibility index (Phi) is 6.20. The van der Waals surface area contributed by atoms with Crippen LogP contribution in [0.5, 0.6) is 0 Å². The van der Waals surface area contributed by atoms with Crippen molar-refractivity contribution in [2.75, 3.05) is 0 Å². The van der Waals surface area contributed by atoms with Gasteiger partial charge >= 0.3 is 6.18 Å². The molecule has 1 aromatic heterocycles. The number of hydrogen-bond donors (Lipinski definition) is 1. The van der Waals surface area contributed by atoms with Crippen molar-refractivity contribution in [3.63, 3.8) is 0 Å². The van der Waals surface area contributed by atoms with E-state index in [0.717, 1.165) is 31.7 Å². The van der Waals surface area contributed by atoms with Crippen LogP contribution in [0.25, 0.3) is 5.57 Å². The van der Waals surface area contributed by atoms with Gasteiger partial charge in [0.05, 0.1) is 0 Å². The molecule has 2 aromatic rings. The Morgan fingerprint density at radius 2 is 1.79 bits per heavy atom. The first-order chi connectivity index (χ1) is 13.2. The maximum atomic E-state index is 12.9. The summed E-state index contributed by atoms with van der Waals surface area (Å²) < 4.78 is 60.4. The molecule has 28 heavy (non-hydrogen) atoms. The summed E-state index contributed by atoms with van der Waals surface area (Å²) in [6, 6.07) is 8.83. The first kappa shape index (κ1) is 20.5. The summed E-state index contributed by atoms with van der Waals surface area (Å²) in [5, 5.41) is 0. The van der Waals surface area contributed by atoms with Gasteiger partial charge in [-0.3, -0.25) is 9.00 Å². The first-order valence-corrected chi connectivity index (χ1v) is 10.2. The van der Waals surface area contributed by atoms with Crippen molar-refractivity contribution in [2.24, 2.45) is 5.92 Å². The van der Waals surface area contributed by atoms with Crippen molar-refractivity contribution in [3.8, 4) is 0 Å². The Hall–Kier alpha value is -2.19. The maximum absolute atomic E-state index is 12.9. The van der Waals surface area contributed by atoms with Gasteiger partial charge < -0.3 is 9.54 Å². The lowest BCUT2D eigenvalue weighted by Gasteiger charge is -2.14. The van der Waals surface area contributed by atoms with E-state index in [4.69, 9.17) is 0 Å². The average molecular weight is 410 g/mol. The number of aromatic amines is 1. The van der Waals surface area contributed by atoms with Gasteiger partial charge in [-0.25, -0.2) is 0 Å². The second-order valence-corrected chi connectivity index (χ2v) is 7.78. The molecule has 3 rings (SSSR count). The molecule has 1 aliphatic rings. The highest BCUT2D eigenvalue weighted by molar-refractivity contribution is 7.78. The molecule has 1 fully saturated rings. The summed E-state index contributed by atoms with van der Waals surface area (Å²) in [6.45, 7) is 0. The van der Waals surface area contributed by atoms with Crippen LogP contribution < -0.4 is 5.56 Å². The van der Waals surface area contributed by atoms with E-state index < -0.39 is 28.4 Å². The van der Waals surface area contributed by atoms with Gasteiger partial charge in [-0.05, 0) is 42.0 Å². The van der Waals surface area contributed by atoms with E-state index in [9.17, 15) is 26.7 Å². The van der Waals surface area contributed by atoms with E-state index in [1.54, 1.807) is 24.3 Å². The zero-order valence-corrected chi connectivity index (χ0v) is 15.7. The molecule has 1 saturated carbocycles. The number of pyridine rings is 1. The predicted molar refractivity (Wildman–Crippen MR) is 100 cm³/mol. The van der Waals surface area contributed by atoms with Gasteiger partial charge in [-0.1, -0.05) is 54.3 Å². The summed E-state index contributed by atoms with van der Waals surface area (Å²) in [5.74, 6) is 0.175. The van der Waals surface area contributed by atoms with E-state index in [1.165, 1.54) is 6.07 Å². The van der Waals surface area contributed by atoms with Gasteiger partial charge in [0.25, 0.3) is 5.56 Å². The van der Waals surface area contributed by atoms with Crippen LogP contribution in [0.2, 0.25) is 0 Å². The Morgan fingerprint density at radius 1 is 1.14 bits per heavy atom. The normalized spacial score (nSPS) is 17.1. The second-order valence-electron chi connectivity index (χ2n) is 6.88. The van der Waals surface area contributed by atoms with Crippen molar-refractivity contribution < 1.29 is 21.9 Å². The smallest absolute Gasteiger partial charge is 0.421 e. The first-order valence-electron chi connectivity index (χ1n) is 8.92. The fraction of sp³-hybridized carbons (Fsp3) is 0.350. The van der Waals surface area contributed by atoms with Crippen LogP contribution in [0.4, 0.5) is 13.2 Å². The fourth-order valence-electron chi connectivity index (χ4n) is 3.47. The molecule has 1 atom stereocenters. The lowest BCUT2D eigenvalue weighted by atomic mass is 9.95. The number of rotatable bonds is 5. The lowest BCUT2D eigenvalue weighted by Crippen LogP contribution is -2.22. The molecule has 1 heterocycles. The molecular weight excluding hydrogens is 391 g/mol. The number of H-pyrrole nitrogens is 1. The van der Waals surface area contributed by atoms with Crippen LogP contribution in [0, 0.1) is 5.92 Å². The van der Waals surface area contributed by atoms with Gasteiger partial charge in [-0.15, -0.1) is 0 Å². The third-order valence-corrected chi connectivity index (χ3v) is 5.43. The standard InChI is InChI=1S/C20H20F3NO3S/c21-20(22,23)17-9-10-18(24-19(17)25)16(11-13-3-1-2-4-13)15-7-5-14(6-8-15)12-28(26)27/h5-11,13H,1-4,12H2,(H,24,25)(H,26,27)/p-1/b16-11+. The van der Waals surface area contributed by atoms with Gasteiger partial charge in [0.2, 0.25) is 0 Å². The number of benzene rings is 1. The van der Waals surface area contributed by atoms with Crippen LogP contribution in [0.1, 0.15) is 48.1 Å². The van der Waals surface area contributed by atoms with E-state index >= 15 is 0 Å². The minimum Gasteiger partial charge on any atom is -0.772 e. The molecule has 0 amide bonds. The van der Waals surface area contributed by atoms with E-state index in [1.807, 2.05) is 6.08 Å². The number of nitrogens with one attached hydrogen (secondary N) is 1. The molecule has 0 aliphatic heterocycles. The SMILES string of the molecule is O=c1[nH]c(/C(=C/C2CCCC2)c2ccc(CS(=O)[O-])cc2)ccc1C(F)(F)F. The summed E-state index contributed by atoms with van der Waals surface area (Å²) in [6.07, 6.45) is 1.44. The Morgan fingerprint density at radius 3 is 2.32 bits per heavy atom. The largest absolute Gasteiger partial charge is 0.772 e. The minimum absolute atomic E-state index is 0.112. The summed E-state index contributed by atoms with van der Waals surface area (Å²) in [5.41, 5.74) is -0.135. The van der Waals surface area contributed by atoms with Crippen LogP contribution in [0.3, 0.4) is 0 Å². The van der Waals surface area contributed by atoms with E-state index in [-0.39, 0.29) is 11.7 Å². The molecule has 1 aliphatic carbocycles. The summed E-state index contributed by atoms with van der Waals surface area (Å²) in [7, 11) is 0. The average Bonchev–Trinajstić information content (AvgIpc) is 3.12. The van der Waals surface area contributed by atoms with Crippen LogP contribution in [0.15, 0.2) is 47.3 Å². The third-order valence-electron chi connectivity index (χ3n) is 4.86. The van der Waals surface area contributed by atoms with Crippen molar-refractivity contribution in [2.45, 2.75) is 37.6 Å². The van der Waals surface area contributed by atoms with Gasteiger partial charge in [0, 0.05) is 17.0 Å². The van der Waals surface area contributed by atoms with Gasteiger partial charge in [0.1, 0.15) is 5.56 Å². The molecular formula is C20H19F3NO3S-. The molecule has 0 radical (unpaired) electrons. The molecule has 4 nitrogen and oxygen atoms in total. The quantitative estimate of drug-likeness (QED) is 0.743. The molecule has 1 aromatic carbocycles. The molecule has 0 saturated heterocycles. The molecule has 0 bridgehead atoms. The summed E-state index contributed by atoms with van der Waals surface area (Å²) in [4.78, 5) is 14.3. The lowest BCUT2D eigenvalue weighted by molar-refractivity contribution is -0.138. The fourth-order valence-corrected chi connectivity index (χ4v) is 3.94. The zero-order chi connectivity index (χ0) is 20.3. The predicted octanol–water partition coefficient (Wildman–Crippen LogP) is 4.39.